The molecule has 3 fully saturated rings. The molecular formula is C50H37Cl2N3O7. The van der Waals surface area contributed by atoms with Gasteiger partial charge in [-0.15, -0.1) is 0 Å². The molecule has 308 valence electrons. The van der Waals surface area contributed by atoms with Crippen LogP contribution in [0.1, 0.15) is 45.8 Å². The van der Waals surface area contributed by atoms with Crippen molar-refractivity contribution < 1.29 is 33.8 Å². The first kappa shape index (κ1) is 39.4. The van der Waals surface area contributed by atoms with Crippen molar-refractivity contribution in [2.24, 2.45) is 23.7 Å². The van der Waals surface area contributed by atoms with Crippen LogP contribution in [0.25, 0.3) is 10.8 Å². The van der Waals surface area contributed by atoms with Gasteiger partial charge in [0, 0.05) is 33.0 Å². The van der Waals surface area contributed by atoms with Gasteiger partial charge in [0.1, 0.15) is 11.5 Å². The van der Waals surface area contributed by atoms with Crippen LogP contribution < -0.4 is 15.1 Å². The molecule has 0 aromatic heterocycles. The van der Waals surface area contributed by atoms with Gasteiger partial charge in [0.05, 0.1) is 46.7 Å². The molecule has 6 atom stereocenters. The maximum atomic E-state index is 15.7. The third-order valence-corrected chi connectivity index (χ3v) is 13.8. The van der Waals surface area contributed by atoms with Gasteiger partial charge in [0.15, 0.2) is 5.78 Å². The van der Waals surface area contributed by atoms with Crippen molar-refractivity contribution >= 4 is 74.8 Å². The van der Waals surface area contributed by atoms with Crippen molar-refractivity contribution in [2.75, 3.05) is 17.4 Å². The van der Waals surface area contributed by atoms with Crippen LogP contribution in [0.4, 0.5) is 11.4 Å². The number of fused-ring (bicyclic) bond motifs is 5. The number of benzene rings is 6. The number of nitrogens with zero attached hydrogens (tertiary/aromatic N) is 2. The molecule has 4 aliphatic rings. The van der Waals surface area contributed by atoms with Crippen molar-refractivity contribution in [1.29, 1.82) is 0 Å². The number of methoxy groups -OCH3 is 1. The molecule has 0 spiro atoms. The summed E-state index contributed by atoms with van der Waals surface area (Å²) in [5.41, 5.74) is 4.46. The van der Waals surface area contributed by atoms with Crippen LogP contribution in [0.2, 0.25) is 10.0 Å². The van der Waals surface area contributed by atoms with Gasteiger partial charge >= 0.3 is 0 Å². The zero-order valence-electron chi connectivity index (χ0n) is 33.1. The van der Waals surface area contributed by atoms with Crippen molar-refractivity contribution in [3.8, 4) is 11.5 Å². The summed E-state index contributed by atoms with van der Waals surface area (Å²) in [6.45, 7) is 0. The maximum absolute atomic E-state index is 15.7. The third-order valence-electron chi connectivity index (χ3n) is 13.2. The van der Waals surface area contributed by atoms with Crippen molar-refractivity contribution in [1.82, 2.24) is 5.01 Å². The highest BCUT2D eigenvalue weighted by atomic mass is 35.5. The second-order valence-electron chi connectivity index (χ2n) is 16.2. The quantitative estimate of drug-likeness (QED) is 0.0880. The standard InChI is InChI=1S/C50H37Cl2N3O7/c1-62-33-19-14-30(15-20-33)50-39(47(59)55(49(50)61)53-41-24-16-31(51)25-40(41)52)26-38-35(43(50)37-21-13-27-7-5-6-10-34(27)45(37)57)22-23-36-42(38)48(60)54(46(36)58)32-17-11-29(12-18-32)44(56)28-8-3-2-4-9-28/h2-22,24-25,36,38-39,42-43,53,57H,23,26H2,1H3/t36-,38+,39-,42-,43+,50+/m0/s1. The van der Waals surface area contributed by atoms with Gasteiger partial charge in [-0.1, -0.05) is 114 Å². The lowest BCUT2D eigenvalue weighted by atomic mass is 9.49. The topological polar surface area (TPSA) is 133 Å². The minimum absolute atomic E-state index is 0.0400. The number of imide groups is 2. The van der Waals surface area contributed by atoms with Crippen LogP contribution in [0.5, 0.6) is 11.5 Å². The molecular weight excluding hydrogens is 825 g/mol. The number of amides is 4. The Morgan fingerprint density at radius 1 is 0.774 bits per heavy atom. The van der Waals surface area contributed by atoms with E-state index in [-0.39, 0.29) is 41.0 Å². The van der Waals surface area contributed by atoms with E-state index in [4.69, 9.17) is 27.9 Å². The predicted octanol–water partition coefficient (Wildman–Crippen LogP) is 9.28. The number of aromatic hydroxyl groups is 1. The number of rotatable bonds is 8. The molecule has 2 aliphatic heterocycles. The molecule has 62 heavy (non-hydrogen) atoms. The van der Waals surface area contributed by atoms with Crippen LogP contribution in [-0.2, 0) is 24.6 Å². The van der Waals surface area contributed by atoms with E-state index in [2.05, 4.69) is 5.43 Å². The molecule has 1 saturated carbocycles. The van der Waals surface area contributed by atoms with E-state index in [0.29, 0.717) is 49.7 Å². The summed E-state index contributed by atoms with van der Waals surface area (Å²) < 4.78 is 5.51. The van der Waals surface area contributed by atoms with E-state index in [1.165, 1.54) is 18.1 Å². The minimum Gasteiger partial charge on any atom is -0.507 e. The molecule has 6 aromatic carbocycles. The van der Waals surface area contributed by atoms with E-state index in [0.717, 1.165) is 10.4 Å². The summed E-state index contributed by atoms with van der Waals surface area (Å²) in [5, 5.41) is 15.2. The Hall–Kier alpha value is -6.75. The highest BCUT2D eigenvalue weighted by Crippen LogP contribution is 2.65. The summed E-state index contributed by atoms with van der Waals surface area (Å²) in [6.07, 6.45) is 2.16. The number of carbonyl (C=O) groups excluding carboxylic acids is 5. The highest BCUT2D eigenvalue weighted by molar-refractivity contribution is 6.36. The molecule has 0 bridgehead atoms. The summed E-state index contributed by atoms with van der Waals surface area (Å²) in [4.78, 5) is 74.6. The van der Waals surface area contributed by atoms with Gasteiger partial charge in [0.2, 0.25) is 11.8 Å². The van der Waals surface area contributed by atoms with E-state index < -0.39 is 52.7 Å². The summed E-state index contributed by atoms with van der Waals surface area (Å²) in [7, 11) is 1.54. The predicted molar refractivity (Wildman–Crippen MR) is 235 cm³/mol. The molecule has 2 aliphatic carbocycles. The summed E-state index contributed by atoms with van der Waals surface area (Å²) >= 11 is 12.8. The molecule has 10 rings (SSSR count). The first-order valence-corrected chi connectivity index (χ1v) is 21.0. The minimum atomic E-state index is -1.66. The average Bonchev–Trinajstić information content (AvgIpc) is 3.68. The number of phenolic OH excluding ortho intramolecular Hbond substituents is 1. The SMILES string of the molecule is COc1ccc([C@@]23C(=O)N(Nc4ccc(Cl)cc4Cl)C(=O)[C@@H]2C[C@@H]2C(=CC[C@@H]4C(=O)N(c5ccc(C(=O)c6ccccc6)cc5)C(=O)[C@@H]42)[C@@H]3c2ccc3ccccc3c2O)cc1. The van der Waals surface area contributed by atoms with Gasteiger partial charge < -0.3 is 9.84 Å². The molecule has 2 heterocycles. The number of ether oxygens (including phenoxy) is 1. The molecule has 12 heteroatoms. The van der Waals surface area contributed by atoms with Crippen LogP contribution in [-0.4, -0.2) is 46.6 Å². The van der Waals surface area contributed by atoms with E-state index >= 15 is 9.59 Å². The van der Waals surface area contributed by atoms with Crippen molar-refractivity contribution in [3.05, 3.63) is 177 Å². The monoisotopic (exact) mass is 861 g/mol. The number of halogens is 2. The lowest BCUT2D eigenvalue weighted by Crippen LogP contribution is -2.53. The Morgan fingerprint density at radius 3 is 2.21 bits per heavy atom. The smallest absolute Gasteiger partial charge is 0.260 e. The fraction of sp³-hybridized carbons (Fsp3) is 0.180. The lowest BCUT2D eigenvalue weighted by molar-refractivity contribution is -0.138. The number of phenols is 1. The Bertz CT molecular complexity index is 2900. The van der Waals surface area contributed by atoms with Crippen molar-refractivity contribution in [2.45, 2.75) is 24.2 Å². The first-order chi connectivity index (χ1) is 30.0. The summed E-state index contributed by atoms with van der Waals surface area (Å²) in [6, 6.07) is 38.0. The van der Waals surface area contributed by atoms with E-state index in [1.54, 1.807) is 97.1 Å². The molecule has 4 amide bonds. The molecule has 2 N–H and O–H groups in total. The zero-order valence-corrected chi connectivity index (χ0v) is 34.6. The molecule has 10 nitrogen and oxygen atoms in total. The van der Waals surface area contributed by atoms with Crippen LogP contribution in [0.3, 0.4) is 0 Å². The highest BCUT2D eigenvalue weighted by Gasteiger charge is 2.70. The second kappa shape index (κ2) is 15.0. The van der Waals surface area contributed by atoms with Gasteiger partial charge in [-0.2, -0.15) is 5.01 Å². The summed E-state index contributed by atoms with van der Waals surface area (Å²) in [5.74, 6) is -6.06. The second-order valence-corrected chi connectivity index (χ2v) is 17.0. The lowest BCUT2D eigenvalue weighted by Gasteiger charge is -2.50. The number of hydrazine groups is 1. The molecule has 2 saturated heterocycles. The van der Waals surface area contributed by atoms with Gasteiger partial charge in [0.25, 0.3) is 11.8 Å². The number of nitrogens with one attached hydrogen (secondary N) is 1. The number of hydrogen-bond acceptors (Lipinski definition) is 8. The van der Waals surface area contributed by atoms with Crippen LogP contribution in [0.15, 0.2) is 145 Å². The first-order valence-electron chi connectivity index (χ1n) is 20.3. The van der Waals surface area contributed by atoms with Gasteiger partial charge in [-0.25, -0.2) is 0 Å². The Kier molecular flexibility index (Phi) is 9.53. The molecule has 6 aromatic rings. The number of carbonyl (C=O) groups is 5. The number of hydrogen-bond donors (Lipinski definition) is 2. The maximum Gasteiger partial charge on any atom is 0.260 e. The Balaban J connectivity index is 1.12. The van der Waals surface area contributed by atoms with Crippen LogP contribution >= 0.6 is 23.2 Å². The van der Waals surface area contributed by atoms with Crippen LogP contribution in [0, 0.1) is 23.7 Å². The number of anilines is 2. The van der Waals surface area contributed by atoms with Gasteiger partial charge in [-0.3, -0.25) is 34.3 Å². The molecule has 0 unspecified atom stereocenters. The number of ketones is 1. The molecule has 0 radical (unpaired) electrons. The zero-order chi connectivity index (χ0) is 43.0. The fourth-order valence-electron chi connectivity index (χ4n) is 10.5. The fourth-order valence-corrected chi connectivity index (χ4v) is 10.9. The Labute approximate surface area is 366 Å². The Morgan fingerprint density at radius 2 is 1.48 bits per heavy atom. The average molecular weight is 863 g/mol. The largest absolute Gasteiger partial charge is 0.507 e. The normalized spacial score (nSPS) is 24.1. The van der Waals surface area contributed by atoms with Gasteiger partial charge in [-0.05, 0) is 84.3 Å². The van der Waals surface area contributed by atoms with E-state index in [9.17, 15) is 19.5 Å². The third kappa shape index (κ3) is 5.88. The number of allylic oxidation sites excluding steroid dienone is 2. The van der Waals surface area contributed by atoms with Crippen molar-refractivity contribution in [3.63, 3.8) is 0 Å². The van der Waals surface area contributed by atoms with E-state index in [1.807, 2.05) is 36.4 Å².